The van der Waals surface area contributed by atoms with Gasteiger partial charge < -0.3 is 9.30 Å². The predicted octanol–water partition coefficient (Wildman–Crippen LogP) is 1.70. The average Bonchev–Trinajstić information content (AvgIpc) is 2.41. The largest absolute Gasteiger partial charge is 0.468 e. The first-order valence-corrected chi connectivity index (χ1v) is 5.74. The maximum absolute atomic E-state index is 12.0. The molecule has 5 nitrogen and oxygen atoms in total. The fourth-order valence-electron chi connectivity index (χ4n) is 1.78. The molecule has 0 fully saturated rings. The Morgan fingerprint density at radius 1 is 1.53 bits per heavy atom. The van der Waals surface area contributed by atoms with E-state index in [1.807, 2.05) is 6.07 Å². The fraction of sp³-hybridized carbons (Fsp3) is 0.154. The topological polar surface area (TPSA) is 72.1 Å². The van der Waals surface area contributed by atoms with Crippen LogP contribution in [0.2, 0.25) is 5.02 Å². The van der Waals surface area contributed by atoms with Gasteiger partial charge in [0.15, 0.2) is 0 Å². The van der Waals surface area contributed by atoms with E-state index in [0.717, 1.165) is 0 Å². The molecule has 96 valence electrons. The minimum absolute atomic E-state index is 0.0429. The van der Waals surface area contributed by atoms with E-state index < -0.39 is 11.4 Å². The zero-order valence-electron chi connectivity index (χ0n) is 10.0. The second-order valence-electron chi connectivity index (χ2n) is 3.85. The summed E-state index contributed by atoms with van der Waals surface area (Å²) in [6.45, 7) is -0.0798. The first kappa shape index (κ1) is 13.1. The Hall–Kier alpha value is -2.32. The smallest absolute Gasteiger partial charge is 0.325 e. The second-order valence-corrected chi connectivity index (χ2v) is 4.29. The zero-order valence-corrected chi connectivity index (χ0v) is 10.8. The number of esters is 1. The number of pyridine rings is 1. The summed E-state index contributed by atoms with van der Waals surface area (Å²) >= 11 is 5.85. The number of carbonyl (C=O) groups is 1. The second kappa shape index (κ2) is 5.12. The Morgan fingerprint density at radius 3 is 2.89 bits per heavy atom. The Kier molecular flexibility index (Phi) is 3.54. The number of ether oxygens (including phenoxy) is 1. The van der Waals surface area contributed by atoms with Gasteiger partial charge in [-0.2, -0.15) is 5.26 Å². The number of carbonyl (C=O) groups excluding carboxylic acids is 1. The van der Waals surface area contributed by atoms with E-state index in [1.165, 1.54) is 23.9 Å². The third-order valence-corrected chi connectivity index (χ3v) is 2.92. The first-order chi connectivity index (χ1) is 9.06. The van der Waals surface area contributed by atoms with Crippen LogP contribution in [0.4, 0.5) is 0 Å². The Balaban J connectivity index is 2.77. The van der Waals surface area contributed by atoms with Crippen molar-refractivity contribution >= 4 is 28.5 Å². The van der Waals surface area contributed by atoms with Crippen LogP contribution in [0.3, 0.4) is 0 Å². The highest BCUT2D eigenvalue weighted by Crippen LogP contribution is 2.17. The summed E-state index contributed by atoms with van der Waals surface area (Å²) in [7, 11) is 1.27. The highest BCUT2D eigenvalue weighted by atomic mass is 35.5. The van der Waals surface area contributed by atoms with Crippen molar-refractivity contribution in [1.82, 2.24) is 4.57 Å². The van der Waals surface area contributed by atoms with Crippen LogP contribution in [0.5, 0.6) is 0 Å². The molecular formula is C13H9ClN2O3. The maximum Gasteiger partial charge on any atom is 0.325 e. The first-order valence-electron chi connectivity index (χ1n) is 5.36. The number of nitrogens with zero attached hydrogens (tertiary/aromatic N) is 2. The van der Waals surface area contributed by atoms with Gasteiger partial charge in [-0.1, -0.05) is 11.6 Å². The van der Waals surface area contributed by atoms with Crippen molar-refractivity contribution in [3.8, 4) is 6.07 Å². The average molecular weight is 277 g/mol. The quantitative estimate of drug-likeness (QED) is 0.783. The third-order valence-electron chi connectivity index (χ3n) is 2.69. The molecule has 2 rings (SSSR count). The summed E-state index contributed by atoms with van der Waals surface area (Å²) in [6.07, 6.45) is 1.34. The fourth-order valence-corrected chi connectivity index (χ4v) is 1.96. The lowest BCUT2D eigenvalue weighted by Gasteiger charge is -2.10. The van der Waals surface area contributed by atoms with Gasteiger partial charge >= 0.3 is 5.97 Å². The number of rotatable bonds is 2. The van der Waals surface area contributed by atoms with E-state index in [0.29, 0.717) is 15.9 Å². The van der Waals surface area contributed by atoms with E-state index in [-0.39, 0.29) is 12.1 Å². The number of fused-ring (bicyclic) bond motifs is 1. The third kappa shape index (κ3) is 2.44. The summed E-state index contributed by atoms with van der Waals surface area (Å²) in [5, 5.41) is 9.64. The monoisotopic (exact) mass is 276 g/mol. The van der Waals surface area contributed by atoms with Crippen molar-refractivity contribution in [2.24, 2.45) is 0 Å². The van der Waals surface area contributed by atoms with Gasteiger partial charge in [0, 0.05) is 16.6 Å². The van der Waals surface area contributed by atoms with Crippen LogP contribution in [-0.2, 0) is 16.1 Å². The molecule has 0 radical (unpaired) electrons. The number of hydrogen-bond acceptors (Lipinski definition) is 4. The summed E-state index contributed by atoms with van der Waals surface area (Å²) in [5.74, 6) is -0.469. The molecule has 0 aliphatic carbocycles. The van der Waals surface area contributed by atoms with Crippen LogP contribution >= 0.6 is 11.6 Å². The molecule has 0 N–H and O–H groups in total. The summed E-state index contributed by atoms with van der Waals surface area (Å²) in [4.78, 5) is 23.4. The number of methoxy groups -OCH3 is 1. The van der Waals surface area contributed by atoms with Crippen LogP contribution in [0.1, 0.15) is 5.56 Å². The molecule has 0 bridgehead atoms. The highest BCUT2D eigenvalue weighted by molar-refractivity contribution is 6.31. The maximum atomic E-state index is 12.0. The normalized spacial score (nSPS) is 10.2. The summed E-state index contributed by atoms with van der Waals surface area (Å²) < 4.78 is 6.08. The number of hydrogen-bond donors (Lipinski definition) is 0. The van der Waals surface area contributed by atoms with Crippen molar-refractivity contribution in [2.75, 3.05) is 7.11 Å². The van der Waals surface area contributed by atoms with Crippen LogP contribution in [0.15, 0.2) is 29.2 Å². The van der Waals surface area contributed by atoms with Gasteiger partial charge in [-0.05, 0) is 18.2 Å². The van der Waals surface area contributed by atoms with Gasteiger partial charge in [0.1, 0.15) is 18.2 Å². The molecule has 2 aromatic rings. The van der Waals surface area contributed by atoms with Gasteiger partial charge in [0.05, 0.1) is 12.6 Å². The van der Waals surface area contributed by atoms with Gasteiger partial charge in [-0.15, -0.1) is 0 Å². The molecule has 0 saturated carbocycles. The highest BCUT2D eigenvalue weighted by Gasteiger charge is 2.11. The molecule has 0 atom stereocenters. The lowest BCUT2D eigenvalue weighted by Crippen LogP contribution is -2.17. The van der Waals surface area contributed by atoms with Crippen LogP contribution < -0.4 is 5.43 Å². The van der Waals surface area contributed by atoms with Crippen molar-refractivity contribution in [1.29, 1.82) is 5.26 Å². The van der Waals surface area contributed by atoms with Crippen molar-refractivity contribution < 1.29 is 9.53 Å². The van der Waals surface area contributed by atoms with Crippen molar-refractivity contribution in [3.05, 3.63) is 45.2 Å². The molecule has 1 aromatic heterocycles. The van der Waals surface area contributed by atoms with E-state index in [9.17, 15) is 9.59 Å². The molecule has 0 amide bonds. The number of nitriles is 1. The SMILES string of the molecule is COC(=O)Cn1cc(C#N)c(=O)c2cc(Cl)ccc21. The lowest BCUT2D eigenvalue weighted by atomic mass is 10.1. The Morgan fingerprint density at radius 2 is 2.26 bits per heavy atom. The number of benzene rings is 1. The molecule has 0 unspecified atom stereocenters. The van der Waals surface area contributed by atoms with Crippen LogP contribution in [0, 0.1) is 11.3 Å². The van der Waals surface area contributed by atoms with E-state index >= 15 is 0 Å². The van der Waals surface area contributed by atoms with E-state index in [2.05, 4.69) is 4.74 Å². The van der Waals surface area contributed by atoms with E-state index in [4.69, 9.17) is 16.9 Å². The standard InChI is InChI=1S/C13H9ClN2O3/c1-19-12(17)7-16-6-8(5-15)13(18)10-4-9(14)2-3-11(10)16/h2-4,6H,7H2,1H3. The van der Waals surface area contributed by atoms with Crippen LogP contribution in [-0.4, -0.2) is 17.6 Å². The molecule has 1 aromatic carbocycles. The lowest BCUT2D eigenvalue weighted by molar-refractivity contribution is -0.141. The Labute approximate surface area is 113 Å². The molecule has 1 heterocycles. The minimum Gasteiger partial charge on any atom is -0.468 e. The summed E-state index contributed by atoms with van der Waals surface area (Å²) in [5.41, 5.74) is 0.0820. The van der Waals surface area contributed by atoms with Gasteiger partial charge in [0.2, 0.25) is 5.43 Å². The number of aromatic nitrogens is 1. The molecule has 6 heteroatoms. The molecule has 0 spiro atoms. The zero-order chi connectivity index (χ0) is 14.0. The Bertz CT molecular complexity index is 759. The van der Waals surface area contributed by atoms with Crippen LogP contribution in [0.25, 0.3) is 10.9 Å². The summed E-state index contributed by atoms with van der Waals surface area (Å²) in [6, 6.07) is 6.53. The molecule has 0 saturated heterocycles. The van der Waals surface area contributed by atoms with Gasteiger partial charge in [-0.3, -0.25) is 9.59 Å². The van der Waals surface area contributed by atoms with E-state index in [1.54, 1.807) is 12.1 Å². The molecule has 0 aliphatic heterocycles. The van der Waals surface area contributed by atoms with Gasteiger partial charge in [-0.25, -0.2) is 0 Å². The minimum atomic E-state index is -0.469. The van der Waals surface area contributed by atoms with Gasteiger partial charge in [0.25, 0.3) is 0 Å². The molecular weight excluding hydrogens is 268 g/mol. The molecule has 0 aliphatic rings. The predicted molar refractivity (Wildman–Crippen MR) is 69.9 cm³/mol. The van der Waals surface area contributed by atoms with Crippen molar-refractivity contribution in [3.63, 3.8) is 0 Å². The number of halogens is 1. The molecule has 19 heavy (non-hydrogen) atoms. The van der Waals surface area contributed by atoms with Crippen molar-refractivity contribution in [2.45, 2.75) is 6.54 Å².